The molecular formula is C10H20N2O. The average molecular weight is 184 g/mol. The van der Waals surface area contributed by atoms with E-state index in [9.17, 15) is 0 Å². The number of morpholine rings is 1. The van der Waals surface area contributed by atoms with Gasteiger partial charge in [0.05, 0.1) is 12.7 Å². The fourth-order valence-electron chi connectivity index (χ4n) is 2.57. The third kappa shape index (κ3) is 2.03. The van der Waals surface area contributed by atoms with E-state index in [1.165, 1.54) is 19.3 Å². The van der Waals surface area contributed by atoms with Gasteiger partial charge in [0.15, 0.2) is 0 Å². The minimum Gasteiger partial charge on any atom is -0.376 e. The summed E-state index contributed by atoms with van der Waals surface area (Å²) in [5.41, 5.74) is 6.07. The van der Waals surface area contributed by atoms with E-state index in [2.05, 4.69) is 11.8 Å². The molecule has 0 aromatic carbocycles. The van der Waals surface area contributed by atoms with Crippen LogP contribution in [0, 0.1) is 0 Å². The van der Waals surface area contributed by atoms with Gasteiger partial charge in [0.1, 0.15) is 0 Å². The highest BCUT2D eigenvalue weighted by atomic mass is 16.5. The standard InChI is InChI=1S/C10H20N2O/c1-8-7-12(5-6-13-8)10-4-2-3-9(10)11/h8-10H,2-7,11H2,1H3. The molecule has 1 saturated heterocycles. The molecule has 2 fully saturated rings. The lowest BCUT2D eigenvalue weighted by Gasteiger charge is -2.37. The second-order valence-electron chi connectivity index (χ2n) is 4.34. The van der Waals surface area contributed by atoms with Gasteiger partial charge in [-0.25, -0.2) is 0 Å². The Balaban J connectivity index is 1.91. The fourth-order valence-corrected chi connectivity index (χ4v) is 2.57. The predicted molar refractivity (Wildman–Crippen MR) is 52.6 cm³/mol. The van der Waals surface area contributed by atoms with Crippen molar-refractivity contribution < 1.29 is 4.74 Å². The van der Waals surface area contributed by atoms with Crippen molar-refractivity contribution in [1.29, 1.82) is 0 Å². The average Bonchev–Trinajstić information content (AvgIpc) is 2.51. The second-order valence-corrected chi connectivity index (χ2v) is 4.34. The Labute approximate surface area is 80.2 Å². The first kappa shape index (κ1) is 9.44. The van der Waals surface area contributed by atoms with Gasteiger partial charge in [-0.1, -0.05) is 6.42 Å². The number of rotatable bonds is 1. The molecule has 2 aliphatic rings. The molecule has 1 aliphatic heterocycles. The molecule has 1 saturated carbocycles. The SMILES string of the molecule is CC1CN(C2CCCC2N)CCO1. The van der Waals surface area contributed by atoms with Gasteiger partial charge < -0.3 is 10.5 Å². The normalized spacial score (nSPS) is 42.5. The van der Waals surface area contributed by atoms with E-state index in [0.29, 0.717) is 18.2 Å². The van der Waals surface area contributed by atoms with Crippen LogP contribution in [-0.2, 0) is 4.74 Å². The summed E-state index contributed by atoms with van der Waals surface area (Å²) in [5, 5.41) is 0. The van der Waals surface area contributed by atoms with E-state index >= 15 is 0 Å². The lowest BCUT2D eigenvalue weighted by atomic mass is 10.1. The van der Waals surface area contributed by atoms with Gasteiger partial charge >= 0.3 is 0 Å². The van der Waals surface area contributed by atoms with Crippen molar-refractivity contribution in [1.82, 2.24) is 4.90 Å². The highest BCUT2D eigenvalue weighted by Crippen LogP contribution is 2.24. The molecule has 1 heterocycles. The number of hydrogen-bond donors (Lipinski definition) is 1. The summed E-state index contributed by atoms with van der Waals surface area (Å²) in [6.07, 6.45) is 4.18. The Hall–Kier alpha value is -0.120. The number of nitrogens with zero attached hydrogens (tertiary/aromatic N) is 1. The molecule has 3 atom stereocenters. The molecule has 3 unspecified atom stereocenters. The Bertz CT molecular complexity index is 174. The summed E-state index contributed by atoms with van der Waals surface area (Å²) >= 11 is 0. The highest BCUT2D eigenvalue weighted by Gasteiger charge is 2.31. The minimum atomic E-state index is 0.390. The monoisotopic (exact) mass is 184 g/mol. The van der Waals surface area contributed by atoms with Gasteiger partial charge in [-0.3, -0.25) is 4.90 Å². The molecular weight excluding hydrogens is 164 g/mol. The number of ether oxygens (including phenoxy) is 1. The first-order valence-electron chi connectivity index (χ1n) is 5.38. The molecule has 3 heteroatoms. The molecule has 0 aromatic heterocycles. The highest BCUT2D eigenvalue weighted by molar-refractivity contribution is 4.89. The van der Waals surface area contributed by atoms with Crippen LogP contribution in [0.1, 0.15) is 26.2 Å². The zero-order valence-corrected chi connectivity index (χ0v) is 8.41. The molecule has 0 aromatic rings. The van der Waals surface area contributed by atoms with Gasteiger partial charge in [-0.2, -0.15) is 0 Å². The second kappa shape index (κ2) is 3.95. The smallest absolute Gasteiger partial charge is 0.0674 e. The Kier molecular flexibility index (Phi) is 2.86. The molecule has 3 nitrogen and oxygen atoms in total. The summed E-state index contributed by atoms with van der Waals surface area (Å²) in [6.45, 7) is 5.16. The lowest BCUT2D eigenvalue weighted by molar-refractivity contribution is -0.0350. The van der Waals surface area contributed by atoms with E-state index < -0.39 is 0 Å². The summed E-state index contributed by atoms with van der Waals surface area (Å²) in [5.74, 6) is 0. The van der Waals surface area contributed by atoms with E-state index in [4.69, 9.17) is 10.5 Å². The van der Waals surface area contributed by atoms with Crippen molar-refractivity contribution >= 4 is 0 Å². The molecule has 0 spiro atoms. The van der Waals surface area contributed by atoms with Crippen LogP contribution in [-0.4, -0.2) is 42.8 Å². The van der Waals surface area contributed by atoms with Crippen molar-refractivity contribution in [3.05, 3.63) is 0 Å². The summed E-state index contributed by atoms with van der Waals surface area (Å²) in [6, 6.07) is 1.04. The predicted octanol–water partition coefficient (Wildman–Crippen LogP) is 0.587. The summed E-state index contributed by atoms with van der Waals surface area (Å²) in [4.78, 5) is 2.52. The molecule has 1 aliphatic carbocycles. The number of hydrogen-bond acceptors (Lipinski definition) is 3. The van der Waals surface area contributed by atoms with Gasteiger partial charge in [-0.05, 0) is 19.8 Å². The van der Waals surface area contributed by atoms with Crippen LogP contribution >= 0.6 is 0 Å². The zero-order chi connectivity index (χ0) is 9.26. The Morgan fingerprint density at radius 2 is 2.23 bits per heavy atom. The van der Waals surface area contributed by atoms with Crippen LogP contribution in [0.15, 0.2) is 0 Å². The van der Waals surface area contributed by atoms with Crippen LogP contribution < -0.4 is 5.73 Å². The molecule has 0 radical (unpaired) electrons. The van der Waals surface area contributed by atoms with Crippen molar-refractivity contribution in [2.45, 2.75) is 44.4 Å². The van der Waals surface area contributed by atoms with Crippen LogP contribution in [0.5, 0.6) is 0 Å². The first-order valence-corrected chi connectivity index (χ1v) is 5.38. The van der Waals surface area contributed by atoms with Crippen molar-refractivity contribution in [3.63, 3.8) is 0 Å². The number of nitrogens with two attached hydrogens (primary N) is 1. The molecule has 0 amide bonds. The van der Waals surface area contributed by atoms with Crippen molar-refractivity contribution in [2.24, 2.45) is 5.73 Å². The Morgan fingerprint density at radius 3 is 2.85 bits per heavy atom. The van der Waals surface area contributed by atoms with Gasteiger partial charge in [-0.15, -0.1) is 0 Å². The van der Waals surface area contributed by atoms with Crippen LogP contribution in [0.25, 0.3) is 0 Å². The topological polar surface area (TPSA) is 38.5 Å². The molecule has 76 valence electrons. The third-order valence-electron chi connectivity index (χ3n) is 3.27. The van der Waals surface area contributed by atoms with E-state index in [1.54, 1.807) is 0 Å². The maximum absolute atomic E-state index is 6.07. The van der Waals surface area contributed by atoms with Gasteiger partial charge in [0.25, 0.3) is 0 Å². The molecule has 2 rings (SSSR count). The van der Waals surface area contributed by atoms with E-state index in [0.717, 1.165) is 19.7 Å². The van der Waals surface area contributed by atoms with Crippen LogP contribution in [0.2, 0.25) is 0 Å². The summed E-state index contributed by atoms with van der Waals surface area (Å²) in [7, 11) is 0. The summed E-state index contributed by atoms with van der Waals surface area (Å²) < 4.78 is 5.52. The van der Waals surface area contributed by atoms with Crippen molar-refractivity contribution in [2.75, 3.05) is 19.7 Å². The molecule has 0 bridgehead atoms. The fraction of sp³-hybridized carbons (Fsp3) is 1.00. The maximum Gasteiger partial charge on any atom is 0.0674 e. The first-order chi connectivity index (χ1) is 6.27. The van der Waals surface area contributed by atoms with Gasteiger partial charge in [0.2, 0.25) is 0 Å². The van der Waals surface area contributed by atoms with Gasteiger partial charge in [0, 0.05) is 25.2 Å². The zero-order valence-electron chi connectivity index (χ0n) is 8.41. The Morgan fingerprint density at radius 1 is 1.38 bits per heavy atom. The quantitative estimate of drug-likeness (QED) is 0.648. The third-order valence-corrected chi connectivity index (χ3v) is 3.27. The molecule has 2 N–H and O–H groups in total. The largest absolute Gasteiger partial charge is 0.376 e. The maximum atomic E-state index is 6.07. The van der Waals surface area contributed by atoms with Crippen molar-refractivity contribution in [3.8, 4) is 0 Å². The minimum absolute atomic E-state index is 0.390. The lowest BCUT2D eigenvalue weighted by Crippen LogP contribution is -2.51. The van der Waals surface area contributed by atoms with Crippen LogP contribution in [0.4, 0.5) is 0 Å². The van der Waals surface area contributed by atoms with E-state index in [1.807, 2.05) is 0 Å². The molecule has 13 heavy (non-hydrogen) atoms. The van der Waals surface area contributed by atoms with E-state index in [-0.39, 0.29) is 0 Å². The van der Waals surface area contributed by atoms with Crippen LogP contribution in [0.3, 0.4) is 0 Å².